The van der Waals surface area contributed by atoms with E-state index >= 15 is 0 Å². The molecule has 1 aliphatic rings. The van der Waals surface area contributed by atoms with Gasteiger partial charge in [0.05, 0.1) is 9.88 Å². The van der Waals surface area contributed by atoms with Crippen LogP contribution < -0.4 is 10.6 Å². The van der Waals surface area contributed by atoms with Gasteiger partial charge in [0.25, 0.3) is 5.91 Å². The summed E-state index contributed by atoms with van der Waals surface area (Å²) in [6, 6.07) is 3.36. The molecular weight excluding hydrogens is 278 g/mol. The van der Waals surface area contributed by atoms with Crippen molar-refractivity contribution < 1.29 is 14.4 Å². The van der Waals surface area contributed by atoms with Gasteiger partial charge in [-0.25, -0.2) is 0 Å². The van der Waals surface area contributed by atoms with Crippen LogP contribution in [0.4, 0.5) is 5.00 Å². The van der Waals surface area contributed by atoms with E-state index in [1.807, 2.05) is 0 Å². The fourth-order valence-corrected chi connectivity index (χ4v) is 2.98. The third kappa shape index (κ3) is 2.67. The molecule has 0 atom stereocenters. The van der Waals surface area contributed by atoms with Crippen LogP contribution in [0.3, 0.4) is 0 Å². The number of piperazine rings is 1. The first-order valence-electron chi connectivity index (χ1n) is 6.30. The van der Waals surface area contributed by atoms with Gasteiger partial charge < -0.3 is 15.5 Å². The number of nitrogens with zero attached hydrogens (tertiary/aromatic N) is 1. The lowest BCUT2D eigenvalue weighted by Crippen LogP contribution is -2.63. The lowest BCUT2D eigenvalue weighted by molar-refractivity contribution is -0.133. The molecule has 2 rings (SSSR count). The summed E-state index contributed by atoms with van der Waals surface area (Å²) in [7, 11) is 0. The van der Waals surface area contributed by atoms with Gasteiger partial charge in [-0.3, -0.25) is 14.4 Å². The van der Waals surface area contributed by atoms with Crippen molar-refractivity contribution in [2.75, 3.05) is 18.4 Å². The Balaban J connectivity index is 2.20. The molecule has 3 amide bonds. The number of hydrogen-bond donors (Lipinski definition) is 2. The summed E-state index contributed by atoms with van der Waals surface area (Å²) in [6.45, 7) is 5.80. The van der Waals surface area contributed by atoms with Gasteiger partial charge in [0.15, 0.2) is 0 Å². The van der Waals surface area contributed by atoms with E-state index < -0.39 is 5.54 Å². The molecule has 1 saturated heterocycles. The zero-order valence-corrected chi connectivity index (χ0v) is 12.5. The van der Waals surface area contributed by atoms with Gasteiger partial charge in [0.2, 0.25) is 11.8 Å². The molecular formula is C13H17N3O3S. The molecule has 1 fully saturated rings. The number of carbonyl (C=O) groups is 3. The average molecular weight is 295 g/mol. The first-order chi connectivity index (χ1) is 9.32. The van der Waals surface area contributed by atoms with Crippen molar-refractivity contribution >= 4 is 34.1 Å². The van der Waals surface area contributed by atoms with Crippen molar-refractivity contribution in [2.24, 2.45) is 0 Å². The second kappa shape index (κ2) is 5.24. The highest BCUT2D eigenvalue weighted by atomic mass is 32.1. The number of nitrogens with one attached hydrogen (secondary N) is 2. The van der Waals surface area contributed by atoms with Gasteiger partial charge in [-0.2, -0.15) is 0 Å². The zero-order chi connectivity index (χ0) is 14.9. The Morgan fingerprint density at radius 2 is 2.10 bits per heavy atom. The van der Waals surface area contributed by atoms with Crippen LogP contribution in [0, 0.1) is 0 Å². The molecule has 7 heteroatoms. The van der Waals surface area contributed by atoms with E-state index in [1.165, 1.54) is 18.3 Å². The molecule has 0 spiro atoms. The maximum absolute atomic E-state index is 12.5. The minimum atomic E-state index is -0.868. The molecule has 0 radical (unpaired) electrons. The number of amides is 3. The molecule has 20 heavy (non-hydrogen) atoms. The van der Waals surface area contributed by atoms with Crippen molar-refractivity contribution in [1.82, 2.24) is 10.2 Å². The van der Waals surface area contributed by atoms with Gasteiger partial charge in [-0.05, 0) is 26.0 Å². The van der Waals surface area contributed by atoms with Crippen LogP contribution in [0.25, 0.3) is 0 Å². The molecule has 2 heterocycles. The Labute approximate surface area is 121 Å². The molecule has 1 aromatic heterocycles. The summed E-state index contributed by atoms with van der Waals surface area (Å²) in [5.41, 5.74) is -0.868. The molecule has 108 valence electrons. The van der Waals surface area contributed by atoms with Crippen molar-refractivity contribution in [1.29, 1.82) is 0 Å². The Morgan fingerprint density at radius 1 is 1.40 bits per heavy atom. The smallest absolute Gasteiger partial charge is 0.264 e. The third-order valence-electron chi connectivity index (χ3n) is 3.21. The predicted molar refractivity (Wildman–Crippen MR) is 76.7 cm³/mol. The summed E-state index contributed by atoms with van der Waals surface area (Å²) in [5, 5.41) is 6.02. The number of hydrogen-bond acceptors (Lipinski definition) is 4. The third-order valence-corrected chi connectivity index (χ3v) is 4.20. The molecule has 0 aromatic carbocycles. The Hall–Kier alpha value is -1.89. The fraction of sp³-hybridized carbons (Fsp3) is 0.462. The van der Waals surface area contributed by atoms with E-state index in [9.17, 15) is 14.4 Å². The normalized spacial score (nSPS) is 17.6. The van der Waals surface area contributed by atoms with E-state index in [0.29, 0.717) is 23.0 Å². The summed E-state index contributed by atoms with van der Waals surface area (Å²) in [5.74, 6) is -0.522. The maximum Gasteiger partial charge on any atom is 0.264 e. The Morgan fingerprint density at radius 3 is 2.75 bits per heavy atom. The quantitative estimate of drug-likeness (QED) is 0.856. The highest BCUT2D eigenvalue weighted by molar-refractivity contribution is 7.18. The lowest BCUT2D eigenvalue weighted by Gasteiger charge is -2.40. The highest BCUT2D eigenvalue weighted by Crippen LogP contribution is 2.27. The fourth-order valence-electron chi connectivity index (χ4n) is 2.08. The molecule has 0 saturated carbocycles. The largest absolute Gasteiger partial charge is 0.352 e. The van der Waals surface area contributed by atoms with E-state index in [1.54, 1.807) is 30.9 Å². The number of rotatable bonds is 2. The van der Waals surface area contributed by atoms with E-state index in [2.05, 4.69) is 10.6 Å². The second-order valence-electron chi connectivity index (χ2n) is 5.12. The first-order valence-corrected chi connectivity index (χ1v) is 7.11. The number of thiophene rings is 1. The maximum atomic E-state index is 12.5. The second-order valence-corrected chi connectivity index (χ2v) is 6.20. The molecule has 6 nitrogen and oxygen atoms in total. The molecule has 0 unspecified atom stereocenters. The van der Waals surface area contributed by atoms with E-state index in [4.69, 9.17) is 0 Å². The van der Waals surface area contributed by atoms with E-state index in [-0.39, 0.29) is 17.7 Å². The van der Waals surface area contributed by atoms with Crippen molar-refractivity contribution in [3.8, 4) is 0 Å². The predicted octanol–water partition coefficient (Wildman–Crippen LogP) is 1.06. The molecule has 2 N–H and O–H groups in total. The molecule has 1 aliphatic heterocycles. The summed E-state index contributed by atoms with van der Waals surface area (Å²) in [4.78, 5) is 37.4. The van der Waals surface area contributed by atoms with Gasteiger partial charge in [-0.1, -0.05) is 0 Å². The van der Waals surface area contributed by atoms with Crippen LogP contribution in [0.1, 0.15) is 30.4 Å². The highest BCUT2D eigenvalue weighted by Gasteiger charge is 2.41. The summed E-state index contributed by atoms with van der Waals surface area (Å²) in [6.07, 6.45) is 0. The SMILES string of the molecule is CC(=O)Nc1ccc(C(=O)N2CCNC(=O)C2(C)C)s1. The van der Waals surface area contributed by atoms with Crippen molar-refractivity contribution in [3.63, 3.8) is 0 Å². The monoisotopic (exact) mass is 295 g/mol. The Kier molecular flexibility index (Phi) is 3.80. The standard InChI is InChI=1S/C13H17N3O3S/c1-8(17)15-10-5-4-9(20-10)11(18)16-7-6-14-12(19)13(16,2)3/h4-5H,6-7H2,1-3H3,(H,14,19)(H,15,17). The first kappa shape index (κ1) is 14.5. The summed E-state index contributed by atoms with van der Waals surface area (Å²) < 4.78 is 0. The van der Waals surface area contributed by atoms with E-state index in [0.717, 1.165) is 0 Å². The Bertz CT molecular complexity index is 565. The average Bonchev–Trinajstić information content (AvgIpc) is 2.79. The van der Waals surface area contributed by atoms with Crippen LogP contribution in [0.15, 0.2) is 12.1 Å². The zero-order valence-electron chi connectivity index (χ0n) is 11.6. The van der Waals surface area contributed by atoms with Gasteiger partial charge in [-0.15, -0.1) is 11.3 Å². The topological polar surface area (TPSA) is 78.5 Å². The van der Waals surface area contributed by atoms with Crippen LogP contribution in [0.5, 0.6) is 0 Å². The number of carbonyl (C=O) groups excluding carboxylic acids is 3. The van der Waals surface area contributed by atoms with Crippen molar-refractivity contribution in [2.45, 2.75) is 26.3 Å². The van der Waals surface area contributed by atoms with Crippen LogP contribution >= 0.6 is 11.3 Å². The molecule has 0 bridgehead atoms. The molecule has 0 aliphatic carbocycles. The minimum Gasteiger partial charge on any atom is -0.352 e. The minimum absolute atomic E-state index is 0.157. The van der Waals surface area contributed by atoms with Crippen LogP contribution in [-0.2, 0) is 9.59 Å². The van der Waals surface area contributed by atoms with Gasteiger partial charge in [0, 0.05) is 20.0 Å². The molecule has 1 aromatic rings. The van der Waals surface area contributed by atoms with Crippen LogP contribution in [0.2, 0.25) is 0 Å². The number of anilines is 1. The van der Waals surface area contributed by atoms with Crippen molar-refractivity contribution in [3.05, 3.63) is 17.0 Å². The van der Waals surface area contributed by atoms with Gasteiger partial charge in [0.1, 0.15) is 5.54 Å². The van der Waals surface area contributed by atoms with Gasteiger partial charge >= 0.3 is 0 Å². The lowest BCUT2D eigenvalue weighted by atomic mass is 9.98. The van der Waals surface area contributed by atoms with Crippen LogP contribution in [-0.4, -0.2) is 41.2 Å². The summed E-state index contributed by atoms with van der Waals surface area (Å²) >= 11 is 1.21.